The van der Waals surface area contributed by atoms with Crippen LogP contribution >= 0.6 is 0 Å². The second-order valence-electron chi connectivity index (χ2n) is 7.05. The SMILES string of the molecule is O=C1CN(S(=O)(=O)c2ccccn2)C2CCN(C(=O)CCC3CC3)C12. The summed E-state index contributed by atoms with van der Waals surface area (Å²) < 4.78 is 26.9. The summed E-state index contributed by atoms with van der Waals surface area (Å²) >= 11 is 0. The molecule has 0 radical (unpaired) electrons. The van der Waals surface area contributed by atoms with Crippen molar-refractivity contribution in [1.29, 1.82) is 0 Å². The average Bonchev–Trinajstić information content (AvgIpc) is 3.24. The zero-order valence-electron chi connectivity index (χ0n) is 13.9. The zero-order valence-corrected chi connectivity index (χ0v) is 14.7. The summed E-state index contributed by atoms with van der Waals surface area (Å²) in [5.41, 5.74) is 0. The molecule has 3 fully saturated rings. The Kier molecular flexibility index (Phi) is 4.11. The van der Waals surface area contributed by atoms with Gasteiger partial charge in [-0.1, -0.05) is 18.9 Å². The number of rotatable bonds is 5. The number of sulfonamides is 1. The van der Waals surface area contributed by atoms with Gasteiger partial charge in [0.15, 0.2) is 10.8 Å². The van der Waals surface area contributed by atoms with Crippen molar-refractivity contribution in [3.63, 3.8) is 0 Å². The molecule has 1 aromatic rings. The molecular formula is C17H21N3O4S. The molecule has 1 aliphatic carbocycles. The molecule has 0 bridgehead atoms. The monoisotopic (exact) mass is 363 g/mol. The normalized spacial score (nSPS) is 26.9. The second kappa shape index (κ2) is 6.17. The first kappa shape index (κ1) is 16.7. The van der Waals surface area contributed by atoms with E-state index in [1.54, 1.807) is 17.0 Å². The molecule has 134 valence electrons. The minimum absolute atomic E-state index is 0.0233. The zero-order chi connectivity index (χ0) is 17.6. The van der Waals surface area contributed by atoms with E-state index < -0.39 is 22.1 Å². The Labute approximate surface area is 147 Å². The molecular weight excluding hydrogens is 342 g/mol. The van der Waals surface area contributed by atoms with Crippen LogP contribution in [0.1, 0.15) is 32.1 Å². The highest BCUT2D eigenvalue weighted by Crippen LogP contribution is 2.36. The minimum Gasteiger partial charge on any atom is -0.331 e. The van der Waals surface area contributed by atoms with Crippen LogP contribution in [-0.4, -0.2) is 59.5 Å². The van der Waals surface area contributed by atoms with Crippen molar-refractivity contribution in [2.75, 3.05) is 13.1 Å². The fourth-order valence-corrected chi connectivity index (χ4v) is 5.43. The molecule has 25 heavy (non-hydrogen) atoms. The van der Waals surface area contributed by atoms with Gasteiger partial charge in [0.05, 0.1) is 12.6 Å². The van der Waals surface area contributed by atoms with Crippen molar-refractivity contribution in [3.8, 4) is 0 Å². The van der Waals surface area contributed by atoms with Crippen LogP contribution < -0.4 is 0 Å². The topological polar surface area (TPSA) is 87.7 Å². The van der Waals surface area contributed by atoms with Gasteiger partial charge in [0.25, 0.3) is 10.0 Å². The summed E-state index contributed by atoms with van der Waals surface area (Å²) in [6.07, 6.45) is 5.62. The standard InChI is InChI=1S/C17H21N3O4S/c21-14-11-20(25(23,24)15-3-1-2-9-18-15)13-8-10-19(17(13)14)16(22)7-6-12-4-5-12/h1-3,9,12-13,17H,4-8,10-11H2. The Bertz CT molecular complexity index is 791. The van der Waals surface area contributed by atoms with Gasteiger partial charge in [-0.3, -0.25) is 9.59 Å². The van der Waals surface area contributed by atoms with E-state index in [1.165, 1.54) is 29.4 Å². The molecule has 3 heterocycles. The molecule has 2 unspecified atom stereocenters. The van der Waals surface area contributed by atoms with Gasteiger partial charge in [-0.15, -0.1) is 0 Å². The van der Waals surface area contributed by atoms with Gasteiger partial charge in [0.2, 0.25) is 5.91 Å². The lowest BCUT2D eigenvalue weighted by molar-refractivity contribution is -0.136. The van der Waals surface area contributed by atoms with Crippen molar-refractivity contribution in [1.82, 2.24) is 14.2 Å². The molecule has 2 atom stereocenters. The number of nitrogens with zero attached hydrogens (tertiary/aromatic N) is 3. The first-order valence-corrected chi connectivity index (χ1v) is 10.2. The molecule has 8 heteroatoms. The van der Waals surface area contributed by atoms with Crippen LogP contribution in [0.5, 0.6) is 0 Å². The fraction of sp³-hybridized carbons (Fsp3) is 0.588. The van der Waals surface area contributed by atoms with E-state index in [2.05, 4.69) is 4.98 Å². The maximum absolute atomic E-state index is 12.8. The number of carbonyl (C=O) groups excluding carboxylic acids is 2. The van der Waals surface area contributed by atoms with Crippen LogP contribution in [0.3, 0.4) is 0 Å². The van der Waals surface area contributed by atoms with E-state index >= 15 is 0 Å². The van der Waals surface area contributed by atoms with Gasteiger partial charge in [0, 0.05) is 19.2 Å². The predicted molar refractivity (Wildman–Crippen MR) is 89.0 cm³/mol. The lowest BCUT2D eigenvalue weighted by Crippen LogP contribution is -2.43. The molecule has 1 amide bonds. The Morgan fingerprint density at radius 1 is 1.24 bits per heavy atom. The summed E-state index contributed by atoms with van der Waals surface area (Å²) in [6.45, 7) is 0.263. The van der Waals surface area contributed by atoms with E-state index in [9.17, 15) is 18.0 Å². The van der Waals surface area contributed by atoms with Gasteiger partial charge in [0.1, 0.15) is 6.04 Å². The van der Waals surface area contributed by atoms with Crippen LogP contribution in [-0.2, 0) is 19.6 Å². The highest BCUT2D eigenvalue weighted by Gasteiger charge is 2.53. The number of aromatic nitrogens is 1. The van der Waals surface area contributed by atoms with Crippen molar-refractivity contribution in [2.45, 2.75) is 49.2 Å². The van der Waals surface area contributed by atoms with Gasteiger partial charge in [-0.05, 0) is 30.9 Å². The molecule has 1 saturated carbocycles. The summed E-state index contributed by atoms with van der Waals surface area (Å²) in [5, 5.41) is -0.0537. The van der Waals surface area contributed by atoms with Gasteiger partial charge in [-0.25, -0.2) is 13.4 Å². The number of carbonyl (C=O) groups is 2. The third-order valence-corrected chi connectivity index (χ3v) is 7.16. The molecule has 0 spiro atoms. The molecule has 1 aromatic heterocycles. The number of Topliss-reactive ketones (excluding diaryl/α,β-unsaturated/α-hetero) is 1. The summed E-state index contributed by atoms with van der Waals surface area (Å²) in [7, 11) is -3.83. The van der Waals surface area contributed by atoms with Crippen LogP contribution in [0.4, 0.5) is 0 Å². The van der Waals surface area contributed by atoms with Crippen molar-refractivity contribution < 1.29 is 18.0 Å². The smallest absolute Gasteiger partial charge is 0.261 e. The van der Waals surface area contributed by atoms with Crippen molar-refractivity contribution in [3.05, 3.63) is 24.4 Å². The largest absolute Gasteiger partial charge is 0.331 e. The van der Waals surface area contributed by atoms with Gasteiger partial charge in [-0.2, -0.15) is 4.31 Å². The second-order valence-corrected chi connectivity index (χ2v) is 8.89. The number of likely N-dealkylation sites (tertiary alicyclic amines) is 1. The number of amides is 1. The molecule has 3 aliphatic rings. The van der Waals surface area contributed by atoms with Crippen molar-refractivity contribution in [2.24, 2.45) is 5.92 Å². The Balaban J connectivity index is 1.53. The quantitative estimate of drug-likeness (QED) is 0.773. The summed E-state index contributed by atoms with van der Waals surface area (Å²) in [4.78, 5) is 30.5. The number of pyridine rings is 1. The maximum atomic E-state index is 12.8. The molecule has 4 rings (SSSR count). The lowest BCUT2D eigenvalue weighted by atomic mass is 10.1. The first-order chi connectivity index (χ1) is 12.0. The van der Waals surface area contributed by atoms with E-state index in [-0.39, 0.29) is 23.3 Å². The number of ketones is 1. The van der Waals surface area contributed by atoms with E-state index in [0.717, 1.165) is 6.42 Å². The molecule has 2 saturated heterocycles. The third-order valence-electron chi connectivity index (χ3n) is 5.37. The van der Waals surface area contributed by atoms with Gasteiger partial charge >= 0.3 is 0 Å². The van der Waals surface area contributed by atoms with Crippen LogP contribution in [0.2, 0.25) is 0 Å². The Hall–Kier alpha value is -1.80. The highest BCUT2D eigenvalue weighted by molar-refractivity contribution is 7.89. The fourth-order valence-electron chi connectivity index (χ4n) is 3.87. The average molecular weight is 363 g/mol. The predicted octanol–water partition coefficient (Wildman–Crippen LogP) is 0.815. The Morgan fingerprint density at radius 2 is 2.04 bits per heavy atom. The number of hydrogen-bond donors (Lipinski definition) is 0. The number of hydrogen-bond acceptors (Lipinski definition) is 5. The van der Waals surface area contributed by atoms with E-state index in [4.69, 9.17) is 0 Å². The molecule has 0 N–H and O–H groups in total. The lowest BCUT2D eigenvalue weighted by Gasteiger charge is -2.24. The maximum Gasteiger partial charge on any atom is 0.261 e. The van der Waals surface area contributed by atoms with E-state index in [1.807, 2.05) is 0 Å². The highest BCUT2D eigenvalue weighted by atomic mass is 32.2. The van der Waals surface area contributed by atoms with Gasteiger partial charge < -0.3 is 4.90 Å². The third kappa shape index (κ3) is 2.97. The van der Waals surface area contributed by atoms with Crippen molar-refractivity contribution >= 4 is 21.7 Å². The molecule has 2 aliphatic heterocycles. The number of fused-ring (bicyclic) bond motifs is 1. The molecule has 7 nitrogen and oxygen atoms in total. The first-order valence-electron chi connectivity index (χ1n) is 8.73. The summed E-state index contributed by atoms with van der Waals surface area (Å²) in [6, 6.07) is 3.58. The Morgan fingerprint density at radius 3 is 2.72 bits per heavy atom. The minimum atomic E-state index is -3.83. The molecule has 0 aromatic carbocycles. The van der Waals surface area contributed by atoms with Crippen LogP contribution in [0.15, 0.2) is 29.4 Å². The summed E-state index contributed by atoms with van der Waals surface area (Å²) in [5.74, 6) is 0.439. The van der Waals surface area contributed by atoms with Crippen LogP contribution in [0.25, 0.3) is 0 Å². The van der Waals surface area contributed by atoms with E-state index in [0.29, 0.717) is 25.3 Å². The van der Waals surface area contributed by atoms with Crippen LogP contribution in [0, 0.1) is 5.92 Å².